The van der Waals surface area contributed by atoms with Gasteiger partial charge in [-0.2, -0.15) is 0 Å². The Hall–Kier alpha value is -2.09. The molecule has 106 valence electrons. The lowest BCUT2D eigenvalue weighted by Gasteiger charge is -2.16. The average Bonchev–Trinajstić information content (AvgIpc) is 2.34. The Balaban J connectivity index is 2.45. The molecule has 0 spiro atoms. The lowest BCUT2D eigenvalue weighted by Crippen LogP contribution is -2.39. The number of nitrogens with zero attached hydrogens (tertiary/aromatic N) is 1. The van der Waals surface area contributed by atoms with E-state index in [-0.39, 0.29) is 24.5 Å². The van der Waals surface area contributed by atoms with Gasteiger partial charge >= 0.3 is 6.09 Å². The normalized spacial score (nSPS) is 10.7. The number of amides is 1. The van der Waals surface area contributed by atoms with Gasteiger partial charge in [-0.15, -0.1) is 0 Å². The van der Waals surface area contributed by atoms with Gasteiger partial charge in [0.05, 0.1) is 0 Å². The minimum absolute atomic E-state index is 0.0330. The predicted octanol–water partition coefficient (Wildman–Crippen LogP) is -1.24. The number of nitrogens with one attached hydrogen (secondary N) is 2. The van der Waals surface area contributed by atoms with Crippen molar-refractivity contribution >= 4 is 17.5 Å². The summed E-state index contributed by atoms with van der Waals surface area (Å²) in [7, 11) is 3.81. The highest BCUT2D eigenvalue weighted by Crippen LogP contribution is 2.13. The largest absolute Gasteiger partial charge is 0.448 e. The van der Waals surface area contributed by atoms with Crippen LogP contribution in [-0.2, 0) is 4.74 Å². The highest BCUT2D eigenvalue weighted by atomic mass is 16.5. The fourth-order valence-electron chi connectivity index (χ4n) is 1.46. The second-order valence-corrected chi connectivity index (χ2v) is 4.23. The summed E-state index contributed by atoms with van der Waals surface area (Å²) in [4.78, 5) is 35.0. The molecule has 0 unspecified atom stereocenters. The number of nitrogens with two attached hydrogens (primary N) is 1. The van der Waals surface area contributed by atoms with Crippen molar-refractivity contribution < 1.29 is 9.53 Å². The topological polar surface area (TPSA) is 114 Å². The van der Waals surface area contributed by atoms with Crippen molar-refractivity contribution in [2.24, 2.45) is 5.73 Å². The molecule has 0 aliphatic rings. The summed E-state index contributed by atoms with van der Waals surface area (Å²) in [6.07, 6.45) is -0.879. The maximum atomic E-state index is 11.4. The smallest absolute Gasteiger partial charge is 0.404 e. The fourth-order valence-corrected chi connectivity index (χ4v) is 1.46. The Kier molecular flexibility index (Phi) is 5.31. The average molecular weight is 270 g/mol. The molecule has 8 heteroatoms. The highest BCUT2D eigenvalue weighted by Gasteiger charge is 2.19. The summed E-state index contributed by atoms with van der Waals surface area (Å²) in [6, 6.07) is 0. The number of hydrogen-bond acceptors (Lipinski definition) is 7. The van der Waals surface area contributed by atoms with E-state index in [4.69, 9.17) is 5.73 Å². The summed E-state index contributed by atoms with van der Waals surface area (Å²) in [5.74, 6) is 0. The first kappa shape index (κ1) is 15.0. The van der Waals surface area contributed by atoms with Crippen molar-refractivity contribution in [3.63, 3.8) is 0 Å². The molecule has 0 aromatic heterocycles. The first-order chi connectivity index (χ1) is 8.93. The minimum Gasteiger partial charge on any atom is -0.448 e. The maximum Gasteiger partial charge on any atom is 0.404 e. The third-order valence-electron chi connectivity index (χ3n) is 2.42. The van der Waals surface area contributed by atoms with Crippen LogP contribution in [0.3, 0.4) is 0 Å². The van der Waals surface area contributed by atoms with Crippen molar-refractivity contribution in [1.82, 2.24) is 4.90 Å². The molecule has 1 aromatic rings. The number of primary amides is 1. The molecule has 0 aliphatic heterocycles. The van der Waals surface area contributed by atoms with Crippen LogP contribution >= 0.6 is 0 Å². The molecular weight excluding hydrogens is 252 g/mol. The minimum atomic E-state index is -0.879. The van der Waals surface area contributed by atoms with Crippen molar-refractivity contribution in [3.05, 3.63) is 20.4 Å². The summed E-state index contributed by atoms with van der Waals surface area (Å²) in [5, 5.41) is 5.65. The van der Waals surface area contributed by atoms with Gasteiger partial charge < -0.3 is 26.0 Å². The Morgan fingerprint density at radius 2 is 1.68 bits per heavy atom. The molecule has 0 bridgehead atoms. The number of carbonyl (C=O) groups excluding carboxylic acids is 1. The van der Waals surface area contributed by atoms with Crippen LogP contribution in [0.4, 0.5) is 16.2 Å². The van der Waals surface area contributed by atoms with Crippen LogP contribution in [0.5, 0.6) is 0 Å². The monoisotopic (exact) mass is 270 g/mol. The molecular formula is C11H18N4O4. The van der Waals surface area contributed by atoms with E-state index in [1.165, 1.54) is 0 Å². The molecule has 19 heavy (non-hydrogen) atoms. The summed E-state index contributed by atoms with van der Waals surface area (Å²) < 4.78 is 4.50. The van der Waals surface area contributed by atoms with Gasteiger partial charge in [0, 0.05) is 19.6 Å². The molecule has 0 atom stereocenters. The van der Waals surface area contributed by atoms with Crippen LogP contribution in [0.25, 0.3) is 0 Å². The Bertz CT molecular complexity index is 505. The number of carbonyl (C=O) groups is 1. The molecule has 0 saturated heterocycles. The Morgan fingerprint density at radius 3 is 2.16 bits per heavy atom. The molecule has 8 nitrogen and oxygen atoms in total. The molecule has 0 radical (unpaired) electrons. The summed E-state index contributed by atoms with van der Waals surface area (Å²) >= 11 is 0. The van der Waals surface area contributed by atoms with Crippen LogP contribution in [0.1, 0.15) is 0 Å². The summed E-state index contributed by atoms with van der Waals surface area (Å²) in [5.41, 5.74) is 4.21. The highest BCUT2D eigenvalue weighted by molar-refractivity contribution is 5.74. The lowest BCUT2D eigenvalue weighted by molar-refractivity contribution is 0.161. The first-order valence-electron chi connectivity index (χ1n) is 5.81. The third kappa shape index (κ3) is 4.25. The Labute approximate surface area is 110 Å². The number of anilines is 2. The van der Waals surface area contributed by atoms with Gasteiger partial charge in [-0.3, -0.25) is 9.59 Å². The van der Waals surface area contributed by atoms with Crippen LogP contribution in [-0.4, -0.2) is 51.3 Å². The number of rotatable bonds is 8. The molecule has 0 heterocycles. The van der Waals surface area contributed by atoms with Gasteiger partial charge in [-0.05, 0) is 14.1 Å². The molecule has 0 aliphatic carbocycles. The molecule has 0 saturated carbocycles. The van der Waals surface area contributed by atoms with E-state index in [1.54, 1.807) is 0 Å². The molecule has 4 N–H and O–H groups in total. The van der Waals surface area contributed by atoms with Crippen LogP contribution in [0.15, 0.2) is 9.59 Å². The third-order valence-corrected chi connectivity index (χ3v) is 2.42. The second-order valence-electron chi connectivity index (χ2n) is 4.23. The molecule has 1 amide bonds. The van der Waals surface area contributed by atoms with E-state index < -0.39 is 17.0 Å². The van der Waals surface area contributed by atoms with Crippen LogP contribution in [0, 0.1) is 0 Å². The van der Waals surface area contributed by atoms with Gasteiger partial charge in [0.25, 0.3) is 10.9 Å². The first-order valence-corrected chi connectivity index (χ1v) is 5.81. The van der Waals surface area contributed by atoms with Crippen molar-refractivity contribution in [2.45, 2.75) is 0 Å². The Morgan fingerprint density at radius 1 is 1.16 bits per heavy atom. The summed E-state index contributed by atoms with van der Waals surface area (Å²) in [6.45, 7) is 1.55. The number of hydrogen-bond donors (Lipinski definition) is 3. The van der Waals surface area contributed by atoms with Crippen molar-refractivity contribution in [1.29, 1.82) is 0 Å². The van der Waals surface area contributed by atoms with E-state index in [2.05, 4.69) is 15.4 Å². The SMILES string of the molecule is CN(C)CCNc1c(NCCOC(N)=O)c(=O)c1=O. The number of likely N-dealkylation sites (N-methyl/N-ethyl adjacent to an activating group) is 1. The number of ether oxygens (including phenoxy) is 1. The van der Waals surface area contributed by atoms with E-state index in [0.717, 1.165) is 6.54 Å². The van der Waals surface area contributed by atoms with Crippen molar-refractivity contribution in [3.8, 4) is 0 Å². The van der Waals surface area contributed by atoms with E-state index >= 15 is 0 Å². The van der Waals surface area contributed by atoms with E-state index in [9.17, 15) is 14.4 Å². The standard InChI is InChI=1S/C11H18N4O4/c1-15(2)5-3-13-7-8(10(17)9(7)16)14-4-6-19-11(12)18/h13-14H,3-6H2,1-2H3,(H2,12,18). The lowest BCUT2D eigenvalue weighted by atomic mass is 10.2. The predicted molar refractivity (Wildman–Crippen MR) is 72.4 cm³/mol. The van der Waals surface area contributed by atoms with Gasteiger partial charge in [-0.25, -0.2) is 4.79 Å². The zero-order chi connectivity index (χ0) is 14.4. The molecule has 1 rings (SSSR count). The van der Waals surface area contributed by atoms with Gasteiger partial charge in [0.2, 0.25) is 0 Å². The molecule has 1 aromatic carbocycles. The second kappa shape index (κ2) is 6.74. The quantitative estimate of drug-likeness (QED) is 0.400. The van der Waals surface area contributed by atoms with Gasteiger partial charge in [-0.1, -0.05) is 0 Å². The van der Waals surface area contributed by atoms with Gasteiger partial charge in [0.15, 0.2) is 0 Å². The van der Waals surface area contributed by atoms with E-state index in [1.807, 2.05) is 19.0 Å². The van der Waals surface area contributed by atoms with Crippen molar-refractivity contribution in [2.75, 3.05) is 51.0 Å². The van der Waals surface area contributed by atoms with Crippen LogP contribution < -0.4 is 27.2 Å². The fraction of sp³-hybridized carbons (Fsp3) is 0.545. The maximum absolute atomic E-state index is 11.4. The van der Waals surface area contributed by atoms with Gasteiger partial charge in [0.1, 0.15) is 18.0 Å². The zero-order valence-electron chi connectivity index (χ0n) is 11.0. The van der Waals surface area contributed by atoms with E-state index in [0.29, 0.717) is 6.54 Å². The molecule has 0 fully saturated rings. The van der Waals surface area contributed by atoms with Crippen LogP contribution in [0.2, 0.25) is 0 Å². The zero-order valence-corrected chi connectivity index (χ0v) is 11.0.